The van der Waals surface area contributed by atoms with E-state index in [0.717, 1.165) is 10.8 Å². The number of nitrogens with zero attached hydrogens (tertiary/aromatic N) is 2. The fourth-order valence-electron chi connectivity index (χ4n) is 3.11. The fraction of sp³-hybridized carbons (Fsp3) is 0.0435. The van der Waals surface area contributed by atoms with Crippen LogP contribution >= 0.6 is 0 Å². The third-order valence-corrected chi connectivity index (χ3v) is 4.66. The Morgan fingerprint density at radius 3 is 2.65 bits per heavy atom. The number of ether oxygens (including phenoxy) is 1. The number of benzene rings is 3. The van der Waals surface area contributed by atoms with Crippen molar-refractivity contribution in [2.45, 2.75) is 0 Å². The van der Waals surface area contributed by atoms with E-state index in [9.17, 15) is 14.9 Å². The average molecular weight is 415 g/mol. The van der Waals surface area contributed by atoms with Crippen molar-refractivity contribution in [3.63, 3.8) is 0 Å². The van der Waals surface area contributed by atoms with Crippen LogP contribution in [0.3, 0.4) is 0 Å². The second-order valence-electron chi connectivity index (χ2n) is 6.60. The topological polar surface area (TPSA) is 107 Å². The summed E-state index contributed by atoms with van der Waals surface area (Å²) in [6, 6.07) is 20.8. The van der Waals surface area contributed by atoms with E-state index in [0.29, 0.717) is 28.4 Å². The van der Waals surface area contributed by atoms with Crippen LogP contribution in [0.15, 0.2) is 82.3 Å². The molecule has 0 aliphatic heterocycles. The molecule has 1 N–H and O–H groups in total. The third-order valence-electron chi connectivity index (χ3n) is 4.66. The van der Waals surface area contributed by atoms with E-state index in [4.69, 9.17) is 9.15 Å². The molecule has 0 aliphatic carbocycles. The van der Waals surface area contributed by atoms with Gasteiger partial charge in [0.1, 0.15) is 17.3 Å². The fourth-order valence-corrected chi connectivity index (χ4v) is 3.11. The molecule has 0 bridgehead atoms. The minimum Gasteiger partial charge on any atom is -0.497 e. The molecule has 0 atom stereocenters. The molecule has 154 valence electrons. The third kappa shape index (κ3) is 4.27. The first-order chi connectivity index (χ1) is 15.0. The molecule has 0 saturated heterocycles. The van der Waals surface area contributed by atoms with Crippen molar-refractivity contribution >= 4 is 28.6 Å². The Kier molecular flexibility index (Phi) is 5.44. The number of methoxy groups -OCH3 is 1. The molecule has 3 aromatic carbocycles. The molecule has 0 saturated carbocycles. The van der Waals surface area contributed by atoms with Crippen LogP contribution < -0.4 is 10.2 Å². The summed E-state index contributed by atoms with van der Waals surface area (Å²) in [7, 11) is 1.44. The molecule has 4 aromatic rings. The Hall–Kier alpha value is -4.46. The second kappa shape index (κ2) is 8.50. The molecule has 1 amide bonds. The van der Waals surface area contributed by atoms with E-state index >= 15 is 0 Å². The smallest absolute Gasteiger partial charge is 0.284 e. The number of nitrogens with one attached hydrogen (secondary N) is 1. The Morgan fingerprint density at radius 2 is 1.87 bits per heavy atom. The summed E-state index contributed by atoms with van der Waals surface area (Å²) in [4.78, 5) is 23.2. The summed E-state index contributed by atoms with van der Waals surface area (Å²) >= 11 is 0. The van der Waals surface area contributed by atoms with Crippen molar-refractivity contribution in [2.24, 2.45) is 5.10 Å². The van der Waals surface area contributed by atoms with Crippen molar-refractivity contribution in [3.8, 4) is 17.1 Å². The van der Waals surface area contributed by atoms with Gasteiger partial charge in [-0.05, 0) is 47.2 Å². The van der Waals surface area contributed by atoms with Crippen LogP contribution in [0.1, 0.15) is 16.1 Å². The molecule has 0 spiro atoms. The maximum Gasteiger partial charge on any atom is 0.284 e. The number of fused-ring (bicyclic) bond motifs is 1. The number of nitro groups is 1. The van der Waals surface area contributed by atoms with E-state index in [1.54, 1.807) is 36.4 Å². The normalized spacial score (nSPS) is 11.0. The molecule has 31 heavy (non-hydrogen) atoms. The molecule has 4 rings (SSSR count). The van der Waals surface area contributed by atoms with Gasteiger partial charge in [-0.3, -0.25) is 14.9 Å². The van der Waals surface area contributed by atoms with Crippen molar-refractivity contribution in [3.05, 3.63) is 94.2 Å². The zero-order valence-corrected chi connectivity index (χ0v) is 16.4. The molecule has 8 heteroatoms. The number of carbonyl (C=O) groups excluding carboxylic acids is 1. The van der Waals surface area contributed by atoms with Gasteiger partial charge in [0.05, 0.1) is 29.9 Å². The summed E-state index contributed by atoms with van der Waals surface area (Å²) in [5.41, 5.74) is 3.10. The molecule has 0 fully saturated rings. The highest BCUT2D eigenvalue weighted by molar-refractivity contribution is 5.98. The van der Waals surface area contributed by atoms with Crippen LogP contribution in [0.4, 0.5) is 5.69 Å². The van der Waals surface area contributed by atoms with Crippen molar-refractivity contribution in [1.82, 2.24) is 5.43 Å². The number of hydrogen-bond acceptors (Lipinski definition) is 6. The number of hydrogen-bond donors (Lipinski definition) is 1. The van der Waals surface area contributed by atoms with Gasteiger partial charge in [0, 0.05) is 5.56 Å². The largest absolute Gasteiger partial charge is 0.497 e. The van der Waals surface area contributed by atoms with Crippen LogP contribution in [0.2, 0.25) is 0 Å². The lowest BCUT2D eigenvalue weighted by molar-refractivity contribution is -0.384. The van der Waals surface area contributed by atoms with Gasteiger partial charge in [-0.15, -0.1) is 0 Å². The minimum atomic E-state index is -0.502. The highest BCUT2D eigenvalue weighted by atomic mass is 16.6. The zero-order chi connectivity index (χ0) is 21.8. The van der Waals surface area contributed by atoms with Gasteiger partial charge in [-0.1, -0.05) is 30.3 Å². The zero-order valence-electron chi connectivity index (χ0n) is 16.4. The number of amides is 1. The van der Waals surface area contributed by atoms with Gasteiger partial charge in [-0.2, -0.15) is 5.10 Å². The highest BCUT2D eigenvalue weighted by Crippen LogP contribution is 2.33. The lowest BCUT2D eigenvalue weighted by Crippen LogP contribution is -2.17. The number of hydrazone groups is 1. The number of rotatable bonds is 6. The van der Waals surface area contributed by atoms with E-state index in [1.165, 1.54) is 19.4 Å². The summed E-state index contributed by atoms with van der Waals surface area (Å²) in [6.07, 6.45) is 1.33. The minimum absolute atomic E-state index is 0.137. The lowest BCUT2D eigenvalue weighted by atomic mass is 10.1. The first-order valence-corrected chi connectivity index (χ1v) is 9.30. The van der Waals surface area contributed by atoms with Gasteiger partial charge in [0.15, 0.2) is 0 Å². The van der Waals surface area contributed by atoms with Crippen LogP contribution in [-0.4, -0.2) is 24.2 Å². The number of furan rings is 1. The summed E-state index contributed by atoms with van der Waals surface area (Å²) in [6.45, 7) is 0. The van der Waals surface area contributed by atoms with Crippen molar-refractivity contribution in [2.75, 3.05) is 7.11 Å². The molecule has 1 heterocycles. The molecule has 0 radical (unpaired) electrons. The first-order valence-electron chi connectivity index (χ1n) is 9.30. The van der Waals surface area contributed by atoms with Crippen LogP contribution in [0.5, 0.6) is 5.75 Å². The molecule has 8 nitrogen and oxygen atoms in total. The molecule has 0 aliphatic rings. The van der Waals surface area contributed by atoms with E-state index in [-0.39, 0.29) is 11.6 Å². The van der Waals surface area contributed by atoms with Crippen LogP contribution in [0, 0.1) is 10.1 Å². The van der Waals surface area contributed by atoms with E-state index < -0.39 is 4.92 Å². The quantitative estimate of drug-likeness (QED) is 0.277. The SMILES string of the molecule is COc1ccc(-c2ccc(/C=N\NC(=O)c3ccc4ccccc4c3)o2)c([N+](=O)[O-])c1. The predicted octanol–water partition coefficient (Wildman–Crippen LogP) is 4.78. The van der Waals surface area contributed by atoms with E-state index in [2.05, 4.69) is 10.5 Å². The average Bonchev–Trinajstić information content (AvgIpc) is 3.26. The predicted molar refractivity (Wildman–Crippen MR) is 116 cm³/mol. The van der Waals surface area contributed by atoms with E-state index in [1.807, 2.05) is 30.3 Å². The van der Waals surface area contributed by atoms with Crippen molar-refractivity contribution < 1.29 is 18.9 Å². The first kappa shape index (κ1) is 19.8. The summed E-state index contributed by atoms with van der Waals surface area (Å²) < 4.78 is 10.7. The monoisotopic (exact) mass is 415 g/mol. The second-order valence-corrected chi connectivity index (χ2v) is 6.60. The Morgan fingerprint density at radius 1 is 1.06 bits per heavy atom. The Balaban J connectivity index is 1.48. The highest BCUT2D eigenvalue weighted by Gasteiger charge is 2.19. The molecular weight excluding hydrogens is 398 g/mol. The van der Waals surface area contributed by atoms with Gasteiger partial charge in [-0.25, -0.2) is 5.43 Å². The Labute approximate surface area is 176 Å². The summed E-state index contributed by atoms with van der Waals surface area (Å²) in [5.74, 6) is 0.648. The molecular formula is C23H17N3O5. The standard InChI is InChI=1S/C23H17N3O5/c1-30-18-8-10-20(21(13-18)26(28)29)22-11-9-19(31-22)14-24-25-23(27)17-7-6-15-4-2-3-5-16(15)12-17/h2-14H,1H3,(H,25,27)/b24-14-. The van der Waals surface area contributed by atoms with Crippen LogP contribution in [-0.2, 0) is 0 Å². The van der Waals surface area contributed by atoms with Gasteiger partial charge in [0.25, 0.3) is 11.6 Å². The lowest BCUT2D eigenvalue weighted by Gasteiger charge is -2.03. The number of nitro benzene ring substituents is 1. The molecule has 1 aromatic heterocycles. The maximum absolute atomic E-state index is 12.3. The van der Waals surface area contributed by atoms with Gasteiger partial charge < -0.3 is 9.15 Å². The van der Waals surface area contributed by atoms with Gasteiger partial charge >= 0.3 is 0 Å². The molecule has 0 unspecified atom stereocenters. The van der Waals surface area contributed by atoms with Crippen LogP contribution in [0.25, 0.3) is 22.1 Å². The maximum atomic E-state index is 12.3. The Bertz CT molecular complexity index is 1310. The number of carbonyl (C=O) groups is 1. The van der Waals surface area contributed by atoms with Crippen molar-refractivity contribution in [1.29, 1.82) is 0 Å². The summed E-state index contributed by atoms with van der Waals surface area (Å²) in [5, 5.41) is 17.3. The van der Waals surface area contributed by atoms with Gasteiger partial charge in [0.2, 0.25) is 0 Å².